The highest BCUT2D eigenvalue weighted by atomic mass is 16.3. The Morgan fingerprint density at radius 2 is 2.15 bits per heavy atom. The Kier molecular flexibility index (Phi) is 6.05. The molecule has 0 saturated carbocycles. The van der Waals surface area contributed by atoms with E-state index in [2.05, 4.69) is 17.9 Å². The summed E-state index contributed by atoms with van der Waals surface area (Å²) >= 11 is 0. The zero-order chi connectivity index (χ0) is 14.4. The number of carbonyl (C=O) groups is 1. The molecule has 0 spiro atoms. The predicted octanol–water partition coefficient (Wildman–Crippen LogP) is 2.00. The molecule has 0 aromatic rings. The Morgan fingerprint density at radius 1 is 1.40 bits per heavy atom. The van der Waals surface area contributed by atoms with E-state index in [0.717, 1.165) is 45.3 Å². The first-order valence-electron chi connectivity index (χ1n) is 8.07. The smallest absolute Gasteiger partial charge is 0.240 e. The summed E-state index contributed by atoms with van der Waals surface area (Å²) in [4.78, 5) is 16.7. The van der Waals surface area contributed by atoms with E-state index in [1.54, 1.807) is 0 Å². The summed E-state index contributed by atoms with van der Waals surface area (Å²) in [5.41, 5.74) is 1.23. The Morgan fingerprint density at radius 3 is 2.70 bits per heavy atom. The van der Waals surface area contributed by atoms with E-state index in [1.165, 1.54) is 18.5 Å². The predicted molar refractivity (Wildman–Crippen MR) is 80.2 cm³/mol. The lowest BCUT2D eigenvalue weighted by atomic mass is 9.98. The maximum absolute atomic E-state index is 12.5. The number of hydrogen-bond donors (Lipinski definition) is 1. The minimum Gasteiger partial charge on any atom is -0.396 e. The monoisotopic (exact) mass is 280 g/mol. The lowest BCUT2D eigenvalue weighted by molar-refractivity contribution is -0.130. The number of aliphatic hydroxyl groups excluding tert-OH is 1. The molecule has 2 rings (SSSR count). The molecule has 2 aliphatic rings. The molecule has 1 saturated heterocycles. The molecule has 1 N–H and O–H groups in total. The number of allylic oxidation sites excluding steroid dienone is 2. The van der Waals surface area contributed by atoms with Crippen LogP contribution in [-0.4, -0.2) is 53.6 Å². The van der Waals surface area contributed by atoms with Crippen LogP contribution in [0.3, 0.4) is 0 Å². The zero-order valence-electron chi connectivity index (χ0n) is 12.7. The number of piperidine rings is 1. The first-order valence-corrected chi connectivity index (χ1v) is 8.07. The number of amides is 1. The summed E-state index contributed by atoms with van der Waals surface area (Å²) in [5.74, 6) is 0.674. The van der Waals surface area contributed by atoms with Gasteiger partial charge in [-0.05, 0) is 64.5 Å². The lowest BCUT2D eigenvalue weighted by Gasteiger charge is -2.33. The minimum atomic E-state index is 0.239. The van der Waals surface area contributed by atoms with Gasteiger partial charge in [0.1, 0.15) is 0 Å². The molecule has 4 heteroatoms. The van der Waals surface area contributed by atoms with E-state index < -0.39 is 0 Å². The standard InChI is InChI=1S/C16H28N2O2/c1-2-18(15-6-4-3-5-7-15)16(20)12-17-10-8-14(13-19)9-11-17/h6,14,19H,2-5,7-13H2,1H3. The molecule has 1 amide bonds. The number of likely N-dealkylation sites (tertiary alicyclic amines) is 1. The fourth-order valence-corrected chi connectivity index (χ4v) is 3.21. The van der Waals surface area contributed by atoms with Gasteiger partial charge in [-0.3, -0.25) is 9.69 Å². The largest absolute Gasteiger partial charge is 0.396 e. The molecular weight excluding hydrogens is 252 g/mol. The van der Waals surface area contributed by atoms with E-state index in [-0.39, 0.29) is 12.5 Å². The van der Waals surface area contributed by atoms with Gasteiger partial charge in [-0.1, -0.05) is 6.08 Å². The third-order valence-corrected chi connectivity index (χ3v) is 4.56. The van der Waals surface area contributed by atoms with Gasteiger partial charge >= 0.3 is 0 Å². The van der Waals surface area contributed by atoms with Crippen molar-refractivity contribution < 1.29 is 9.90 Å². The molecule has 1 aliphatic carbocycles. The lowest BCUT2D eigenvalue weighted by Crippen LogP contribution is -2.43. The average Bonchev–Trinajstić information content (AvgIpc) is 2.50. The van der Waals surface area contributed by atoms with Crippen molar-refractivity contribution in [2.45, 2.75) is 45.4 Å². The molecule has 4 nitrogen and oxygen atoms in total. The van der Waals surface area contributed by atoms with Crippen molar-refractivity contribution in [3.8, 4) is 0 Å². The third-order valence-electron chi connectivity index (χ3n) is 4.56. The van der Waals surface area contributed by atoms with Crippen molar-refractivity contribution in [2.75, 3.05) is 32.8 Å². The van der Waals surface area contributed by atoms with Gasteiger partial charge in [0.2, 0.25) is 5.91 Å². The van der Waals surface area contributed by atoms with Crippen LogP contribution in [-0.2, 0) is 4.79 Å². The van der Waals surface area contributed by atoms with Gasteiger partial charge in [0.25, 0.3) is 0 Å². The van der Waals surface area contributed by atoms with Crippen LogP contribution in [0.25, 0.3) is 0 Å². The minimum absolute atomic E-state index is 0.239. The molecule has 1 heterocycles. The fourth-order valence-electron chi connectivity index (χ4n) is 3.21. The molecule has 20 heavy (non-hydrogen) atoms. The van der Waals surface area contributed by atoms with Crippen molar-refractivity contribution >= 4 is 5.91 Å². The highest BCUT2D eigenvalue weighted by Gasteiger charge is 2.23. The topological polar surface area (TPSA) is 43.8 Å². The molecule has 0 bridgehead atoms. The third kappa shape index (κ3) is 4.06. The maximum atomic E-state index is 12.5. The number of rotatable bonds is 5. The molecule has 0 aromatic carbocycles. The van der Waals surface area contributed by atoms with Crippen LogP contribution in [0.15, 0.2) is 11.8 Å². The Labute approximate surface area is 122 Å². The Balaban J connectivity index is 1.85. The SMILES string of the molecule is CCN(C(=O)CN1CCC(CO)CC1)C1=CCCCC1. The van der Waals surface area contributed by atoms with Crippen molar-refractivity contribution in [1.82, 2.24) is 9.80 Å². The molecule has 0 unspecified atom stereocenters. The molecule has 114 valence electrons. The van der Waals surface area contributed by atoms with E-state index in [4.69, 9.17) is 5.11 Å². The van der Waals surface area contributed by atoms with Crippen LogP contribution < -0.4 is 0 Å². The van der Waals surface area contributed by atoms with Gasteiger partial charge in [-0.2, -0.15) is 0 Å². The van der Waals surface area contributed by atoms with Crippen molar-refractivity contribution in [3.05, 3.63) is 11.8 Å². The number of likely N-dealkylation sites (N-methyl/N-ethyl adjacent to an activating group) is 1. The van der Waals surface area contributed by atoms with Crippen LogP contribution in [0.5, 0.6) is 0 Å². The van der Waals surface area contributed by atoms with Gasteiger partial charge < -0.3 is 10.0 Å². The second-order valence-corrected chi connectivity index (χ2v) is 5.98. The van der Waals surface area contributed by atoms with Crippen LogP contribution in [0, 0.1) is 5.92 Å². The van der Waals surface area contributed by atoms with Gasteiger partial charge in [0.05, 0.1) is 6.54 Å². The molecular formula is C16H28N2O2. The molecule has 1 aliphatic heterocycles. The first-order chi connectivity index (χ1) is 9.74. The van der Waals surface area contributed by atoms with E-state index in [0.29, 0.717) is 12.5 Å². The van der Waals surface area contributed by atoms with E-state index >= 15 is 0 Å². The molecule has 0 atom stereocenters. The molecule has 0 aromatic heterocycles. The van der Waals surface area contributed by atoms with Crippen LogP contribution in [0.2, 0.25) is 0 Å². The van der Waals surface area contributed by atoms with Crippen molar-refractivity contribution in [1.29, 1.82) is 0 Å². The molecule has 1 fully saturated rings. The quantitative estimate of drug-likeness (QED) is 0.837. The van der Waals surface area contributed by atoms with E-state index in [9.17, 15) is 4.79 Å². The summed E-state index contributed by atoms with van der Waals surface area (Å²) in [6, 6.07) is 0. The van der Waals surface area contributed by atoms with Crippen LogP contribution in [0.4, 0.5) is 0 Å². The maximum Gasteiger partial charge on any atom is 0.240 e. The average molecular weight is 280 g/mol. The number of aliphatic hydroxyl groups is 1. The van der Waals surface area contributed by atoms with Crippen LogP contribution >= 0.6 is 0 Å². The number of nitrogens with zero attached hydrogens (tertiary/aromatic N) is 2. The van der Waals surface area contributed by atoms with Gasteiger partial charge in [0, 0.05) is 18.8 Å². The Bertz CT molecular complexity index is 346. The highest BCUT2D eigenvalue weighted by Crippen LogP contribution is 2.22. The summed E-state index contributed by atoms with van der Waals surface area (Å²) < 4.78 is 0. The summed E-state index contributed by atoms with van der Waals surface area (Å²) in [7, 11) is 0. The van der Waals surface area contributed by atoms with Crippen molar-refractivity contribution in [2.24, 2.45) is 5.92 Å². The molecule has 0 radical (unpaired) electrons. The second kappa shape index (κ2) is 7.79. The van der Waals surface area contributed by atoms with Gasteiger partial charge in [-0.15, -0.1) is 0 Å². The summed E-state index contributed by atoms with van der Waals surface area (Å²) in [5, 5.41) is 9.15. The van der Waals surface area contributed by atoms with Crippen LogP contribution in [0.1, 0.15) is 45.4 Å². The second-order valence-electron chi connectivity index (χ2n) is 5.98. The number of hydrogen-bond acceptors (Lipinski definition) is 3. The van der Waals surface area contributed by atoms with E-state index in [1.807, 2.05) is 4.90 Å². The fraction of sp³-hybridized carbons (Fsp3) is 0.812. The van der Waals surface area contributed by atoms with Gasteiger partial charge in [0.15, 0.2) is 0 Å². The van der Waals surface area contributed by atoms with Crippen molar-refractivity contribution in [3.63, 3.8) is 0 Å². The van der Waals surface area contributed by atoms with Gasteiger partial charge in [-0.25, -0.2) is 0 Å². The Hall–Kier alpha value is -0.870. The first kappa shape index (κ1) is 15.5. The summed E-state index contributed by atoms with van der Waals surface area (Å²) in [6.45, 7) is 5.53. The highest BCUT2D eigenvalue weighted by molar-refractivity contribution is 5.80. The summed E-state index contributed by atoms with van der Waals surface area (Å²) in [6.07, 6.45) is 8.88. The zero-order valence-corrected chi connectivity index (χ0v) is 12.7. The normalized spacial score (nSPS) is 21.6. The number of carbonyl (C=O) groups excluding carboxylic acids is 1.